The normalized spacial score (nSPS) is 22.8. The second kappa shape index (κ2) is 5.91. The summed E-state index contributed by atoms with van der Waals surface area (Å²) in [6.07, 6.45) is 3.70. The lowest BCUT2D eigenvalue weighted by molar-refractivity contribution is 0.536. The lowest BCUT2D eigenvalue weighted by atomic mass is 10.2. The Kier molecular flexibility index (Phi) is 4.37. The topological polar surface area (TPSA) is 20.7 Å². The molecule has 1 aromatic heterocycles. The molecule has 1 N–H and O–H groups in total. The van der Waals surface area contributed by atoms with Gasteiger partial charge in [0.15, 0.2) is 4.77 Å². The first-order valence-corrected chi connectivity index (χ1v) is 9.04. The zero-order valence-corrected chi connectivity index (χ0v) is 14.3. The van der Waals surface area contributed by atoms with E-state index in [-0.39, 0.29) is 0 Å². The molecule has 2 unspecified atom stereocenters. The van der Waals surface area contributed by atoms with Crippen LogP contribution in [0.15, 0.2) is 12.1 Å². The van der Waals surface area contributed by atoms with Crippen molar-refractivity contribution in [3.05, 3.63) is 26.9 Å². The maximum Gasteiger partial charge on any atom is 0.178 e. The fourth-order valence-electron chi connectivity index (χ4n) is 3.06. The van der Waals surface area contributed by atoms with Crippen molar-refractivity contribution in [1.82, 2.24) is 9.55 Å². The van der Waals surface area contributed by atoms with Gasteiger partial charge < -0.3 is 9.55 Å². The molecule has 2 nitrogen and oxygen atoms in total. The van der Waals surface area contributed by atoms with Crippen molar-refractivity contribution in [2.75, 3.05) is 5.75 Å². The fraction of sp³-hybridized carbons (Fsp3) is 0.500. The largest absolute Gasteiger partial charge is 0.331 e. The highest BCUT2D eigenvalue weighted by atomic mass is 35.5. The van der Waals surface area contributed by atoms with Gasteiger partial charge in [0.1, 0.15) is 0 Å². The third-order valence-electron chi connectivity index (χ3n) is 3.89. The highest BCUT2D eigenvalue weighted by molar-refractivity contribution is 7.99. The van der Waals surface area contributed by atoms with E-state index in [0.29, 0.717) is 21.3 Å². The van der Waals surface area contributed by atoms with Gasteiger partial charge in [0.2, 0.25) is 0 Å². The minimum absolute atomic E-state index is 0.457. The zero-order chi connectivity index (χ0) is 14.3. The summed E-state index contributed by atoms with van der Waals surface area (Å²) in [6, 6.07) is 4.25. The number of hydrogen-bond donors (Lipinski definition) is 1. The minimum atomic E-state index is 0.457. The van der Waals surface area contributed by atoms with Gasteiger partial charge in [0.05, 0.1) is 21.1 Å². The molecule has 6 heteroatoms. The second-order valence-electron chi connectivity index (χ2n) is 5.08. The van der Waals surface area contributed by atoms with Crippen molar-refractivity contribution >= 4 is 58.2 Å². The van der Waals surface area contributed by atoms with E-state index in [1.54, 1.807) is 0 Å². The number of halogens is 2. The minimum Gasteiger partial charge on any atom is -0.331 e. The third-order valence-corrected chi connectivity index (χ3v) is 6.22. The number of hydrogen-bond acceptors (Lipinski definition) is 2. The van der Waals surface area contributed by atoms with E-state index in [2.05, 4.69) is 16.5 Å². The van der Waals surface area contributed by atoms with Crippen LogP contribution in [0.25, 0.3) is 11.0 Å². The Morgan fingerprint density at radius 1 is 1.35 bits per heavy atom. The van der Waals surface area contributed by atoms with Crippen molar-refractivity contribution in [2.45, 2.75) is 37.5 Å². The number of imidazole rings is 1. The summed E-state index contributed by atoms with van der Waals surface area (Å²) < 4.78 is 3.01. The molecule has 1 fully saturated rings. The molecule has 0 spiro atoms. The second-order valence-corrected chi connectivity index (χ2v) is 7.79. The van der Waals surface area contributed by atoms with E-state index in [1.807, 2.05) is 23.9 Å². The first-order valence-electron chi connectivity index (χ1n) is 6.82. The van der Waals surface area contributed by atoms with Crippen LogP contribution >= 0.6 is 47.2 Å². The number of aromatic nitrogens is 2. The van der Waals surface area contributed by atoms with Gasteiger partial charge in [0.25, 0.3) is 0 Å². The Morgan fingerprint density at radius 2 is 2.10 bits per heavy atom. The summed E-state index contributed by atoms with van der Waals surface area (Å²) in [6.45, 7) is 2.21. The molecular formula is C14H16Cl2N2S2. The number of benzene rings is 1. The Balaban J connectivity index is 2.13. The molecule has 20 heavy (non-hydrogen) atoms. The van der Waals surface area contributed by atoms with Crippen molar-refractivity contribution in [2.24, 2.45) is 0 Å². The van der Waals surface area contributed by atoms with Crippen molar-refractivity contribution in [3.63, 3.8) is 0 Å². The highest BCUT2D eigenvalue weighted by Gasteiger charge is 2.30. The summed E-state index contributed by atoms with van der Waals surface area (Å²) in [5.74, 6) is 1.14. The van der Waals surface area contributed by atoms with E-state index >= 15 is 0 Å². The number of thioether (sulfide) groups is 1. The van der Waals surface area contributed by atoms with Gasteiger partial charge in [-0.1, -0.05) is 36.5 Å². The summed E-state index contributed by atoms with van der Waals surface area (Å²) in [5.41, 5.74) is 2.04. The number of H-pyrrole nitrogens is 1. The number of fused-ring (bicyclic) bond motifs is 1. The van der Waals surface area contributed by atoms with E-state index in [1.165, 1.54) is 19.3 Å². The molecule has 0 bridgehead atoms. The predicted molar refractivity (Wildman–Crippen MR) is 92.0 cm³/mol. The Labute approximate surface area is 137 Å². The van der Waals surface area contributed by atoms with Gasteiger partial charge >= 0.3 is 0 Å². The predicted octanol–water partition coefficient (Wildman–Crippen LogP) is 5.85. The number of aromatic amines is 1. The first kappa shape index (κ1) is 14.8. The number of nitrogens with zero attached hydrogens (tertiary/aromatic N) is 1. The van der Waals surface area contributed by atoms with Crippen LogP contribution in [0.3, 0.4) is 0 Å². The average molecular weight is 347 g/mol. The molecule has 1 aliphatic carbocycles. The van der Waals surface area contributed by atoms with Gasteiger partial charge in [-0.25, -0.2) is 0 Å². The maximum absolute atomic E-state index is 6.17. The van der Waals surface area contributed by atoms with Crippen molar-refractivity contribution < 1.29 is 0 Å². The molecule has 1 heterocycles. The van der Waals surface area contributed by atoms with E-state index in [9.17, 15) is 0 Å². The van der Waals surface area contributed by atoms with Gasteiger partial charge in [-0.15, -0.1) is 0 Å². The lowest BCUT2D eigenvalue weighted by Gasteiger charge is -2.21. The average Bonchev–Trinajstić information content (AvgIpc) is 2.95. The molecule has 0 radical (unpaired) electrons. The molecule has 1 saturated carbocycles. The molecule has 1 aliphatic rings. The molecule has 3 rings (SSSR count). The molecule has 2 aromatic rings. The molecule has 0 saturated heterocycles. The monoisotopic (exact) mass is 346 g/mol. The van der Waals surface area contributed by atoms with Crippen LogP contribution in [-0.4, -0.2) is 20.6 Å². The molecule has 2 atom stereocenters. The van der Waals surface area contributed by atoms with Crippen LogP contribution in [0.1, 0.15) is 32.2 Å². The van der Waals surface area contributed by atoms with Crippen LogP contribution in [0, 0.1) is 4.77 Å². The van der Waals surface area contributed by atoms with Crippen LogP contribution in [0.5, 0.6) is 0 Å². The van der Waals surface area contributed by atoms with Crippen LogP contribution in [0.2, 0.25) is 10.0 Å². The number of rotatable bonds is 3. The summed E-state index contributed by atoms with van der Waals surface area (Å²) >= 11 is 19.8. The summed E-state index contributed by atoms with van der Waals surface area (Å²) in [5, 5.41) is 1.79. The summed E-state index contributed by atoms with van der Waals surface area (Å²) in [4.78, 5) is 3.26. The number of nitrogens with one attached hydrogen (secondary N) is 1. The molecule has 0 amide bonds. The molecular weight excluding hydrogens is 331 g/mol. The third kappa shape index (κ3) is 2.52. The van der Waals surface area contributed by atoms with Gasteiger partial charge in [-0.2, -0.15) is 11.8 Å². The van der Waals surface area contributed by atoms with E-state index in [0.717, 1.165) is 21.6 Å². The van der Waals surface area contributed by atoms with Gasteiger partial charge in [-0.05, 0) is 42.9 Å². The van der Waals surface area contributed by atoms with Crippen molar-refractivity contribution in [1.29, 1.82) is 0 Å². The first-order chi connectivity index (χ1) is 9.61. The maximum atomic E-state index is 6.17. The Hall–Kier alpha value is -0.160. The lowest BCUT2D eigenvalue weighted by Crippen LogP contribution is -2.16. The molecule has 1 aromatic carbocycles. The van der Waals surface area contributed by atoms with Gasteiger partial charge in [0, 0.05) is 11.3 Å². The Bertz CT molecular complexity index is 692. The van der Waals surface area contributed by atoms with E-state index < -0.39 is 0 Å². The molecule has 0 aliphatic heterocycles. The quantitative estimate of drug-likeness (QED) is 0.703. The highest BCUT2D eigenvalue weighted by Crippen LogP contribution is 2.41. The van der Waals surface area contributed by atoms with Crippen LogP contribution < -0.4 is 0 Å². The molecule has 108 valence electrons. The summed E-state index contributed by atoms with van der Waals surface area (Å²) in [7, 11) is 0. The van der Waals surface area contributed by atoms with E-state index in [4.69, 9.17) is 35.4 Å². The smallest absolute Gasteiger partial charge is 0.178 e. The van der Waals surface area contributed by atoms with Gasteiger partial charge in [-0.3, -0.25) is 0 Å². The van der Waals surface area contributed by atoms with Crippen LogP contribution in [-0.2, 0) is 0 Å². The Morgan fingerprint density at radius 3 is 2.85 bits per heavy atom. The SMILES string of the molecule is CCSC1CCCC1n1c(=S)[nH]c2cc(Cl)c(Cl)cc21. The van der Waals surface area contributed by atoms with Crippen LogP contribution in [0.4, 0.5) is 0 Å². The zero-order valence-electron chi connectivity index (χ0n) is 11.2. The standard InChI is InChI=1S/C14H16Cl2N2S2/c1-2-20-13-5-3-4-11(13)18-12-7-9(16)8(15)6-10(12)17-14(18)19/h6-7,11,13H,2-5H2,1H3,(H,17,19). The van der Waals surface area contributed by atoms with Crippen molar-refractivity contribution in [3.8, 4) is 0 Å². The fourth-order valence-corrected chi connectivity index (χ4v) is 4.97.